The highest BCUT2D eigenvalue weighted by atomic mass is 16.3. The molecule has 0 aromatic carbocycles. The molecule has 2 atom stereocenters. The van der Waals surface area contributed by atoms with E-state index in [4.69, 9.17) is 5.73 Å². The van der Waals surface area contributed by atoms with Crippen LogP contribution in [-0.4, -0.2) is 66.7 Å². The van der Waals surface area contributed by atoms with Gasteiger partial charge in [0.15, 0.2) is 0 Å². The van der Waals surface area contributed by atoms with Crippen LogP contribution in [0.5, 0.6) is 0 Å². The second-order valence-electron chi connectivity index (χ2n) is 6.32. The van der Waals surface area contributed by atoms with E-state index in [0.29, 0.717) is 25.0 Å². The van der Waals surface area contributed by atoms with Crippen molar-refractivity contribution in [2.24, 2.45) is 17.6 Å². The van der Waals surface area contributed by atoms with Gasteiger partial charge in [-0.15, -0.1) is 0 Å². The SMILES string of the molecule is CN1CCC(N(CCO)C(=O)C2CCCC2CN)CC1. The average Bonchev–Trinajstić information content (AvgIpc) is 2.93. The minimum Gasteiger partial charge on any atom is -0.395 e. The third kappa shape index (κ3) is 3.51. The van der Waals surface area contributed by atoms with E-state index in [0.717, 1.165) is 45.2 Å². The van der Waals surface area contributed by atoms with Crippen molar-refractivity contribution in [1.29, 1.82) is 0 Å². The maximum Gasteiger partial charge on any atom is 0.226 e. The monoisotopic (exact) mass is 283 g/mol. The van der Waals surface area contributed by atoms with E-state index in [1.54, 1.807) is 0 Å². The summed E-state index contributed by atoms with van der Waals surface area (Å²) in [6.45, 7) is 3.20. The second kappa shape index (κ2) is 7.38. The number of hydrogen-bond donors (Lipinski definition) is 2. The van der Waals surface area contributed by atoms with Gasteiger partial charge in [0.1, 0.15) is 0 Å². The summed E-state index contributed by atoms with van der Waals surface area (Å²) in [4.78, 5) is 17.1. The van der Waals surface area contributed by atoms with Gasteiger partial charge < -0.3 is 20.6 Å². The molecule has 0 bridgehead atoms. The van der Waals surface area contributed by atoms with Crippen molar-refractivity contribution in [1.82, 2.24) is 9.80 Å². The van der Waals surface area contributed by atoms with Gasteiger partial charge in [-0.3, -0.25) is 4.79 Å². The molecule has 3 N–H and O–H groups in total. The van der Waals surface area contributed by atoms with Gasteiger partial charge in [-0.1, -0.05) is 6.42 Å². The Hall–Kier alpha value is -0.650. The van der Waals surface area contributed by atoms with Crippen molar-refractivity contribution in [3.05, 3.63) is 0 Å². The molecule has 2 fully saturated rings. The van der Waals surface area contributed by atoms with Crippen LogP contribution in [0.15, 0.2) is 0 Å². The number of nitrogens with two attached hydrogens (primary N) is 1. The molecule has 1 aliphatic carbocycles. The van der Waals surface area contributed by atoms with Gasteiger partial charge in [0.05, 0.1) is 6.61 Å². The highest BCUT2D eigenvalue weighted by molar-refractivity contribution is 5.79. The molecular weight excluding hydrogens is 254 g/mol. The number of aliphatic hydroxyl groups excluding tert-OH is 1. The standard InChI is InChI=1S/C15H29N3O2/c1-17-7-5-13(6-8-17)18(9-10-19)15(20)14-4-2-3-12(14)11-16/h12-14,19H,2-11,16H2,1H3. The van der Waals surface area contributed by atoms with Crippen molar-refractivity contribution in [2.45, 2.75) is 38.1 Å². The largest absolute Gasteiger partial charge is 0.395 e. The summed E-state index contributed by atoms with van der Waals surface area (Å²) in [5.74, 6) is 0.669. The third-order valence-electron chi connectivity index (χ3n) is 5.03. The molecule has 0 aromatic rings. The van der Waals surface area contributed by atoms with E-state index in [2.05, 4.69) is 11.9 Å². The summed E-state index contributed by atoms with van der Waals surface area (Å²) in [6, 6.07) is 0.296. The summed E-state index contributed by atoms with van der Waals surface area (Å²) in [5.41, 5.74) is 5.81. The Balaban J connectivity index is 2.01. The van der Waals surface area contributed by atoms with Crippen LogP contribution in [0.3, 0.4) is 0 Å². The van der Waals surface area contributed by atoms with Crippen LogP contribution in [-0.2, 0) is 4.79 Å². The minimum absolute atomic E-state index is 0.0537. The van der Waals surface area contributed by atoms with Crippen molar-refractivity contribution >= 4 is 5.91 Å². The van der Waals surface area contributed by atoms with Gasteiger partial charge >= 0.3 is 0 Å². The second-order valence-corrected chi connectivity index (χ2v) is 6.32. The van der Waals surface area contributed by atoms with Crippen LogP contribution in [0.4, 0.5) is 0 Å². The molecule has 1 heterocycles. The first-order valence-corrected chi connectivity index (χ1v) is 7.97. The molecule has 0 spiro atoms. The fraction of sp³-hybridized carbons (Fsp3) is 0.933. The molecule has 1 aliphatic heterocycles. The van der Waals surface area contributed by atoms with Gasteiger partial charge in [0, 0.05) is 18.5 Å². The highest BCUT2D eigenvalue weighted by Crippen LogP contribution is 2.33. The molecule has 0 aromatic heterocycles. The summed E-state index contributed by atoms with van der Waals surface area (Å²) >= 11 is 0. The predicted octanol–water partition coefficient (Wildman–Crippen LogP) is 0.277. The molecule has 2 rings (SSSR count). The Bertz CT molecular complexity index is 316. The lowest BCUT2D eigenvalue weighted by atomic mass is 9.93. The number of aliphatic hydroxyl groups is 1. The number of nitrogens with zero attached hydrogens (tertiary/aromatic N) is 2. The van der Waals surface area contributed by atoms with Crippen LogP contribution in [0, 0.1) is 11.8 Å². The first-order valence-electron chi connectivity index (χ1n) is 7.97. The normalized spacial score (nSPS) is 28.8. The predicted molar refractivity (Wildman–Crippen MR) is 79.2 cm³/mol. The molecule has 5 nitrogen and oxygen atoms in total. The zero-order chi connectivity index (χ0) is 14.5. The Kier molecular flexibility index (Phi) is 5.81. The van der Waals surface area contributed by atoms with Crippen LogP contribution < -0.4 is 5.73 Å². The lowest BCUT2D eigenvalue weighted by molar-refractivity contribution is -0.140. The molecule has 0 radical (unpaired) electrons. The van der Waals surface area contributed by atoms with Crippen LogP contribution in [0.2, 0.25) is 0 Å². The maximum absolute atomic E-state index is 12.8. The van der Waals surface area contributed by atoms with Crippen LogP contribution in [0.25, 0.3) is 0 Å². The third-order valence-corrected chi connectivity index (χ3v) is 5.03. The molecule has 1 saturated carbocycles. The average molecular weight is 283 g/mol. The minimum atomic E-state index is 0.0537. The Morgan fingerprint density at radius 2 is 2.00 bits per heavy atom. The van der Waals surface area contributed by atoms with E-state index in [9.17, 15) is 9.90 Å². The van der Waals surface area contributed by atoms with Gasteiger partial charge in [-0.25, -0.2) is 0 Å². The molecule has 2 unspecified atom stereocenters. The van der Waals surface area contributed by atoms with Crippen molar-refractivity contribution in [2.75, 3.05) is 39.8 Å². The fourth-order valence-corrected chi connectivity index (χ4v) is 3.74. The van der Waals surface area contributed by atoms with Gasteiger partial charge in [-0.2, -0.15) is 0 Å². The van der Waals surface area contributed by atoms with Crippen molar-refractivity contribution in [3.8, 4) is 0 Å². The molecule has 5 heteroatoms. The molecule has 2 aliphatic rings. The Morgan fingerprint density at radius 3 is 2.60 bits per heavy atom. The van der Waals surface area contributed by atoms with Gasteiger partial charge in [-0.05, 0) is 58.3 Å². The zero-order valence-corrected chi connectivity index (χ0v) is 12.6. The van der Waals surface area contributed by atoms with Crippen molar-refractivity contribution in [3.63, 3.8) is 0 Å². The van der Waals surface area contributed by atoms with E-state index >= 15 is 0 Å². The number of amides is 1. The van der Waals surface area contributed by atoms with Gasteiger partial charge in [0.25, 0.3) is 0 Å². The lowest BCUT2D eigenvalue weighted by Gasteiger charge is -2.39. The Labute approximate surface area is 122 Å². The maximum atomic E-state index is 12.8. The molecule has 1 saturated heterocycles. The molecule has 1 amide bonds. The summed E-state index contributed by atoms with van der Waals surface area (Å²) in [7, 11) is 2.12. The molecular formula is C15H29N3O2. The number of hydrogen-bond acceptors (Lipinski definition) is 4. The van der Waals surface area contributed by atoms with Crippen LogP contribution >= 0.6 is 0 Å². The number of rotatable bonds is 5. The summed E-state index contributed by atoms with van der Waals surface area (Å²) in [6.07, 6.45) is 5.19. The fourth-order valence-electron chi connectivity index (χ4n) is 3.74. The molecule has 116 valence electrons. The van der Waals surface area contributed by atoms with Crippen molar-refractivity contribution < 1.29 is 9.90 Å². The number of carbonyl (C=O) groups excluding carboxylic acids is 1. The lowest BCUT2D eigenvalue weighted by Crippen LogP contribution is -2.50. The quantitative estimate of drug-likeness (QED) is 0.760. The van der Waals surface area contributed by atoms with E-state index in [-0.39, 0.29) is 18.4 Å². The van der Waals surface area contributed by atoms with E-state index < -0.39 is 0 Å². The first-order chi connectivity index (χ1) is 9.67. The van der Waals surface area contributed by atoms with Gasteiger partial charge in [0.2, 0.25) is 5.91 Å². The highest BCUT2D eigenvalue weighted by Gasteiger charge is 2.37. The van der Waals surface area contributed by atoms with E-state index in [1.165, 1.54) is 0 Å². The Morgan fingerprint density at radius 1 is 1.30 bits per heavy atom. The zero-order valence-electron chi connectivity index (χ0n) is 12.6. The van der Waals surface area contributed by atoms with E-state index in [1.807, 2.05) is 4.90 Å². The van der Waals surface area contributed by atoms with Crippen LogP contribution in [0.1, 0.15) is 32.1 Å². The number of piperidine rings is 1. The molecule has 20 heavy (non-hydrogen) atoms. The topological polar surface area (TPSA) is 69.8 Å². The summed E-state index contributed by atoms with van der Waals surface area (Å²) in [5, 5.41) is 9.31. The summed E-state index contributed by atoms with van der Waals surface area (Å²) < 4.78 is 0. The smallest absolute Gasteiger partial charge is 0.226 e. The number of carbonyl (C=O) groups is 1. The number of likely N-dealkylation sites (tertiary alicyclic amines) is 1. The first kappa shape index (κ1) is 15.7.